The third-order valence-electron chi connectivity index (χ3n) is 13.4. The molecule has 0 spiro atoms. The van der Waals surface area contributed by atoms with Crippen LogP contribution in [0.1, 0.15) is 83.7 Å². The number of aliphatic hydroxyl groups is 1. The van der Waals surface area contributed by atoms with Crippen molar-refractivity contribution in [1.29, 1.82) is 0 Å². The summed E-state index contributed by atoms with van der Waals surface area (Å²) in [7, 11) is 0. The van der Waals surface area contributed by atoms with E-state index >= 15 is 0 Å². The molecule has 4 aromatic rings. The standard InChI is InChI=1S/C52H60ClF4N13O9S/c53-37-25-34(54)12-13-36(37)45-44(41(72)27-71)39(62-47(64-45)31-14-17-58-18-15-31)29-79-28-35-26-70(69-66-35)20-22-78-24-23-77-21-19-60-49(75)38(61-43(73)7-2-1-6-42-46-40(30-80-42)63-50(76)65-46)5-3-4-16-59-48(74)32-8-10-33(11-9-32)51(67-68-51)52(55,56)57/h8-15,17-18,25-26,38,40,42,45-46,71H,1-7,16,19-24,27-30H2,(H,59,74)(H,60,75)(H,61,73)(H,62,64)(H2,63,65,76)/t38-,40-,42-,45?,46-/m0/s1. The fraction of sp³-hybridized carbons (Fsp3) is 0.481. The number of halogens is 5. The predicted molar refractivity (Wildman–Crippen MR) is 283 cm³/mol. The summed E-state index contributed by atoms with van der Waals surface area (Å²) < 4.78 is 73.1. The van der Waals surface area contributed by atoms with Crippen molar-refractivity contribution in [3.8, 4) is 0 Å². The molecule has 4 aliphatic heterocycles. The first-order chi connectivity index (χ1) is 38.6. The van der Waals surface area contributed by atoms with Crippen LogP contribution in [0.15, 0.2) is 99.7 Å². The van der Waals surface area contributed by atoms with Gasteiger partial charge in [0.25, 0.3) is 5.91 Å². The Morgan fingerprint density at radius 2 is 1.69 bits per heavy atom. The van der Waals surface area contributed by atoms with E-state index in [1.807, 2.05) is 0 Å². The number of ether oxygens (including phenoxy) is 3. The summed E-state index contributed by atoms with van der Waals surface area (Å²) in [4.78, 5) is 73.0. The van der Waals surface area contributed by atoms with Crippen LogP contribution in [0.2, 0.25) is 5.02 Å². The van der Waals surface area contributed by atoms with Gasteiger partial charge in [0.1, 0.15) is 36.0 Å². The number of alkyl halides is 3. The van der Waals surface area contributed by atoms with E-state index in [4.69, 9.17) is 30.8 Å². The third kappa shape index (κ3) is 15.7. The lowest BCUT2D eigenvalue weighted by Crippen LogP contribution is -2.47. The van der Waals surface area contributed by atoms with E-state index in [9.17, 15) is 46.6 Å². The smallest absolute Gasteiger partial charge is 0.388 e. The van der Waals surface area contributed by atoms with Crippen LogP contribution in [-0.4, -0.2) is 148 Å². The molecule has 0 saturated carbocycles. The number of thioether (sulfide) groups is 1. The number of urea groups is 1. The van der Waals surface area contributed by atoms with Gasteiger partial charge in [-0.1, -0.05) is 41.4 Å². The summed E-state index contributed by atoms with van der Waals surface area (Å²) in [5.74, 6) is -1.15. The Morgan fingerprint density at radius 1 is 0.912 bits per heavy atom. The number of nitrogens with zero attached hydrogens (tertiary/aromatic N) is 7. The van der Waals surface area contributed by atoms with Gasteiger partial charge in [0.15, 0.2) is 5.78 Å². The van der Waals surface area contributed by atoms with Gasteiger partial charge in [0.2, 0.25) is 11.8 Å². The summed E-state index contributed by atoms with van der Waals surface area (Å²) in [5.41, 5.74) is -0.685. The van der Waals surface area contributed by atoms with Gasteiger partial charge >= 0.3 is 17.9 Å². The maximum Gasteiger partial charge on any atom is 0.442 e. The summed E-state index contributed by atoms with van der Waals surface area (Å²) in [6, 6.07) is 10.3. The summed E-state index contributed by atoms with van der Waals surface area (Å²) in [5, 5.41) is 42.4. The van der Waals surface area contributed by atoms with Gasteiger partial charge in [-0.25, -0.2) is 13.9 Å². The van der Waals surface area contributed by atoms with Crippen molar-refractivity contribution in [1.82, 2.24) is 51.9 Å². The Bertz CT molecular complexity index is 2910. The second kappa shape index (κ2) is 28.0. The van der Waals surface area contributed by atoms with Gasteiger partial charge < -0.3 is 51.2 Å². The number of aliphatic hydroxyl groups excluding tert-OH is 1. The highest BCUT2D eigenvalue weighted by Gasteiger charge is 2.65. The number of amidine groups is 1. The van der Waals surface area contributed by atoms with Gasteiger partial charge in [0, 0.05) is 75.8 Å². The lowest BCUT2D eigenvalue weighted by molar-refractivity contribution is -0.166. The SMILES string of the molecule is O=C(CCCC[C@@H]1SC[C@@H]2NC(=O)N[C@@H]21)N[C@@H](CCCCNC(=O)c1ccc(C2(C(F)(F)F)N=N2)cc1)C(=O)NCCOCCOCCn1cc(COCC2=C(C(=O)CO)C(c3ccc(F)cc3Cl)N=C(c3ccncc3)N2)nn1. The van der Waals surface area contributed by atoms with Crippen molar-refractivity contribution in [3.63, 3.8) is 0 Å². The maximum atomic E-state index is 14.0. The van der Waals surface area contributed by atoms with Crippen molar-refractivity contribution in [2.75, 3.05) is 58.5 Å². The molecule has 428 valence electrons. The van der Waals surface area contributed by atoms with Crippen LogP contribution >= 0.6 is 23.4 Å². The molecule has 0 bridgehead atoms. The molecule has 7 N–H and O–H groups in total. The number of rotatable bonds is 31. The number of amides is 5. The van der Waals surface area contributed by atoms with Gasteiger partial charge in [-0.3, -0.25) is 29.2 Å². The Balaban J connectivity index is 0.735. The fourth-order valence-corrected chi connectivity index (χ4v) is 11.0. The molecule has 2 aromatic heterocycles. The molecule has 2 aromatic carbocycles. The monoisotopic (exact) mass is 1150 g/mol. The zero-order valence-corrected chi connectivity index (χ0v) is 44.8. The van der Waals surface area contributed by atoms with E-state index in [0.717, 1.165) is 24.7 Å². The summed E-state index contributed by atoms with van der Waals surface area (Å²) >= 11 is 8.24. The van der Waals surface area contributed by atoms with Gasteiger partial charge in [-0.05, 0) is 68.5 Å². The number of unbranched alkanes of at least 4 members (excludes halogenated alkanes) is 2. The number of Topliss-reactive ketones (excluding diaryl/α,β-unsaturated/α-hetero) is 1. The number of nitrogens with one attached hydrogen (secondary N) is 6. The number of carbonyl (C=O) groups is 5. The average molecular weight is 1150 g/mol. The number of hydrogen-bond acceptors (Lipinski definition) is 17. The summed E-state index contributed by atoms with van der Waals surface area (Å²) in [6.07, 6.45) is 3.71. The van der Waals surface area contributed by atoms with E-state index in [1.54, 1.807) is 47.2 Å². The minimum atomic E-state index is -4.68. The Hall–Kier alpha value is -6.91. The van der Waals surface area contributed by atoms with Crippen LogP contribution in [0.25, 0.3) is 0 Å². The molecule has 1 unspecified atom stereocenters. The second-order valence-electron chi connectivity index (χ2n) is 19.0. The summed E-state index contributed by atoms with van der Waals surface area (Å²) in [6.45, 7) is 0.670. The fourth-order valence-electron chi connectivity index (χ4n) is 9.23. The third-order valence-corrected chi connectivity index (χ3v) is 15.3. The van der Waals surface area contributed by atoms with Crippen molar-refractivity contribution in [3.05, 3.63) is 123 Å². The van der Waals surface area contributed by atoms with E-state index in [0.29, 0.717) is 54.2 Å². The highest BCUT2D eigenvalue weighted by Crippen LogP contribution is 2.52. The number of ketones is 1. The average Bonchev–Trinajstić information content (AvgIpc) is 4.06. The lowest BCUT2D eigenvalue weighted by atomic mass is 9.92. The molecule has 4 aliphatic rings. The van der Waals surface area contributed by atoms with Gasteiger partial charge in [-0.2, -0.15) is 24.9 Å². The van der Waals surface area contributed by atoms with E-state index in [-0.39, 0.29) is 117 Å². The highest BCUT2D eigenvalue weighted by atomic mass is 35.5. The second-order valence-corrected chi connectivity index (χ2v) is 20.7. The van der Waals surface area contributed by atoms with Crippen molar-refractivity contribution >= 4 is 58.7 Å². The van der Waals surface area contributed by atoms with E-state index in [2.05, 4.69) is 57.4 Å². The molecule has 5 amide bonds. The molecule has 6 heterocycles. The normalized spacial score (nSPS) is 19.3. The molecular formula is C52H60ClF4N13O9S. The van der Waals surface area contributed by atoms with Crippen LogP contribution < -0.4 is 31.9 Å². The van der Waals surface area contributed by atoms with Crippen LogP contribution in [0.5, 0.6) is 0 Å². The number of benzene rings is 2. The van der Waals surface area contributed by atoms with Crippen LogP contribution in [0.4, 0.5) is 22.4 Å². The highest BCUT2D eigenvalue weighted by molar-refractivity contribution is 8.00. The molecule has 22 nitrogen and oxygen atoms in total. The van der Waals surface area contributed by atoms with E-state index in [1.165, 1.54) is 36.4 Å². The van der Waals surface area contributed by atoms with Crippen LogP contribution in [-0.2, 0) is 47.4 Å². The molecule has 2 fully saturated rings. The first-order valence-electron chi connectivity index (χ1n) is 26.0. The zero-order valence-electron chi connectivity index (χ0n) is 43.2. The van der Waals surface area contributed by atoms with Crippen molar-refractivity contribution in [2.24, 2.45) is 15.2 Å². The molecular weight excluding hydrogens is 1090 g/mol. The zero-order chi connectivity index (χ0) is 56.7. The first kappa shape index (κ1) is 59.2. The molecule has 8 rings (SSSR count). The number of carbonyl (C=O) groups excluding carboxylic acids is 5. The Labute approximate surface area is 466 Å². The quantitative estimate of drug-likeness (QED) is 0.0204. The number of aliphatic imine (C=N–C) groups is 1. The Morgan fingerprint density at radius 3 is 2.42 bits per heavy atom. The molecule has 5 atom stereocenters. The maximum absolute atomic E-state index is 14.0. The number of aromatic nitrogens is 4. The number of pyridine rings is 1. The largest absolute Gasteiger partial charge is 0.442 e. The first-order valence-corrected chi connectivity index (χ1v) is 27.4. The molecule has 28 heteroatoms. The molecule has 80 heavy (non-hydrogen) atoms. The number of hydrogen-bond donors (Lipinski definition) is 7. The topological polar surface area (TPSA) is 286 Å². The van der Waals surface area contributed by atoms with Crippen molar-refractivity contribution in [2.45, 2.75) is 99.4 Å². The number of fused-ring (bicyclic) bond motifs is 1. The molecule has 0 radical (unpaired) electrons. The molecule has 0 aliphatic carbocycles. The minimum Gasteiger partial charge on any atom is -0.388 e. The minimum absolute atomic E-state index is 0.00515. The van der Waals surface area contributed by atoms with Gasteiger partial charge in [-0.15, -0.1) is 15.3 Å². The molecule has 2 saturated heterocycles. The van der Waals surface area contributed by atoms with E-state index < -0.39 is 53.9 Å². The van der Waals surface area contributed by atoms with Crippen LogP contribution in [0, 0.1) is 5.82 Å². The van der Waals surface area contributed by atoms with Gasteiger partial charge in [0.05, 0.1) is 70.2 Å². The Kier molecular flexibility index (Phi) is 20.7. The van der Waals surface area contributed by atoms with Crippen LogP contribution in [0.3, 0.4) is 0 Å². The lowest BCUT2D eigenvalue weighted by Gasteiger charge is -2.28. The predicted octanol–water partition coefficient (Wildman–Crippen LogP) is 4.73. The van der Waals surface area contributed by atoms with Crippen molar-refractivity contribution < 1.29 is 60.9 Å².